The molecular weight excluding hydrogens is 380 g/mol. The number of aromatic nitrogens is 2. The number of rotatable bonds is 7. The highest BCUT2D eigenvalue weighted by Gasteiger charge is 2.17. The topological polar surface area (TPSA) is 90.0 Å². The summed E-state index contributed by atoms with van der Waals surface area (Å²) in [5.74, 6) is 6.06. The van der Waals surface area contributed by atoms with Crippen molar-refractivity contribution in [3.63, 3.8) is 0 Å². The molecule has 1 aromatic carbocycles. The lowest BCUT2D eigenvalue weighted by molar-refractivity contribution is -0.119. The van der Waals surface area contributed by atoms with Crippen molar-refractivity contribution in [3.05, 3.63) is 46.1 Å². The third kappa shape index (κ3) is 4.33. The van der Waals surface area contributed by atoms with Crippen molar-refractivity contribution in [3.8, 4) is 11.1 Å². The molecule has 0 saturated carbocycles. The summed E-state index contributed by atoms with van der Waals surface area (Å²) in [4.78, 5) is 30.0. The highest BCUT2D eigenvalue weighted by atomic mass is 32.2. The molecule has 1 atom stereocenters. The molecule has 0 aliphatic heterocycles. The zero-order valence-corrected chi connectivity index (χ0v) is 16.9. The van der Waals surface area contributed by atoms with Crippen LogP contribution in [0, 0.1) is 0 Å². The fourth-order valence-electron chi connectivity index (χ4n) is 2.87. The van der Waals surface area contributed by atoms with Crippen molar-refractivity contribution in [2.45, 2.75) is 37.9 Å². The number of amides is 1. The Morgan fingerprint density at radius 2 is 2.11 bits per heavy atom. The Bertz CT molecular complexity index is 998. The van der Waals surface area contributed by atoms with Crippen molar-refractivity contribution in [1.29, 1.82) is 0 Å². The Morgan fingerprint density at radius 1 is 1.37 bits per heavy atom. The summed E-state index contributed by atoms with van der Waals surface area (Å²) in [6.07, 6.45) is 1.94. The SMILES string of the molecule is CCCC(C)NC(=O)CSc1nc2scc(-c3ccccc3)c2c(=O)n1N. The third-order valence-corrected chi connectivity index (χ3v) is 5.98. The van der Waals surface area contributed by atoms with E-state index in [1.807, 2.05) is 42.6 Å². The summed E-state index contributed by atoms with van der Waals surface area (Å²) in [5, 5.41) is 5.71. The number of fused-ring (bicyclic) bond motifs is 1. The number of thioether (sulfide) groups is 1. The van der Waals surface area contributed by atoms with E-state index >= 15 is 0 Å². The minimum atomic E-state index is -0.303. The minimum absolute atomic E-state index is 0.0912. The second kappa shape index (κ2) is 8.58. The van der Waals surface area contributed by atoms with E-state index in [1.165, 1.54) is 23.1 Å². The molecule has 2 heterocycles. The van der Waals surface area contributed by atoms with Crippen molar-refractivity contribution >= 4 is 39.2 Å². The average molecular weight is 403 g/mol. The summed E-state index contributed by atoms with van der Waals surface area (Å²) < 4.78 is 1.04. The zero-order valence-electron chi connectivity index (χ0n) is 15.3. The largest absolute Gasteiger partial charge is 0.353 e. The summed E-state index contributed by atoms with van der Waals surface area (Å²) in [7, 11) is 0. The number of hydrogen-bond acceptors (Lipinski definition) is 6. The van der Waals surface area contributed by atoms with Crippen LogP contribution in [0.5, 0.6) is 0 Å². The minimum Gasteiger partial charge on any atom is -0.353 e. The standard InChI is InChI=1S/C19H22N4O2S2/c1-3-7-12(2)21-15(24)11-27-19-22-17-16(18(25)23(19)20)14(10-26-17)13-8-5-4-6-9-13/h4-6,8-10,12H,3,7,11,20H2,1-2H3,(H,21,24). The fraction of sp³-hybridized carbons (Fsp3) is 0.316. The predicted molar refractivity (Wildman–Crippen MR) is 113 cm³/mol. The maximum atomic E-state index is 12.8. The van der Waals surface area contributed by atoms with Gasteiger partial charge in [-0.25, -0.2) is 9.66 Å². The van der Waals surface area contributed by atoms with Gasteiger partial charge in [-0.05, 0) is 18.9 Å². The lowest BCUT2D eigenvalue weighted by Gasteiger charge is -2.12. The highest BCUT2D eigenvalue weighted by Crippen LogP contribution is 2.31. The van der Waals surface area contributed by atoms with Gasteiger partial charge in [-0.15, -0.1) is 11.3 Å². The van der Waals surface area contributed by atoms with Crippen molar-refractivity contribution < 1.29 is 4.79 Å². The fourth-order valence-corrected chi connectivity index (χ4v) is 4.59. The van der Waals surface area contributed by atoms with Gasteiger partial charge in [0.15, 0.2) is 5.16 Å². The number of hydrogen-bond donors (Lipinski definition) is 2. The van der Waals surface area contributed by atoms with Crippen LogP contribution in [0.2, 0.25) is 0 Å². The Balaban J connectivity index is 1.84. The number of nitrogens with two attached hydrogens (primary N) is 1. The second-order valence-electron chi connectivity index (χ2n) is 6.31. The molecule has 142 valence electrons. The normalized spacial score (nSPS) is 12.2. The van der Waals surface area contributed by atoms with Gasteiger partial charge in [-0.3, -0.25) is 9.59 Å². The van der Waals surface area contributed by atoms with Crippen LogP contribution >= 0.6 is 23.1 Å². The summed E-state index contributed by atoms with van der Waals surface area (Å²) in [6.45, 7) is 4.06. The van der Waals surface area contributed by atoms with E-state index in [0.29, 0.717) is 15.4 Å². The van der Waals surface area contributed by atoms with Gasteiger partial charge in [-0.2, -0.15) is 0 Å². The van der Waals surface area contributed by atoms with Crippen LogP contribution in [0.1, 0.15) is 26.7 Å². The maximum Gasteiger partial charge on any atom is 0.282 e. The lowest BCUT2D eigenvalue weighted by atomic mass is 10.1. The molecule has 0 aliphatic rings. The summed E-state index contributed by atoms with van der Waals surface area (Å²) >= 11 is 2.57. The van der Waals surface area contributed by atoms with Crippen LogP contribution in [0.4, 0.5) is 0 Å². The first-order valence-electron chi connectivity index (χ1n) is 8.78. The van der Waals surface area contributed by atoms with Gasteiger partial charge in [0, 0.05) is 17.0 Å². The maximum absolute atomic E-state index is 12.8. The molecule has 0 spiro atoms. The number of carbonyl (C=O) groups excluding carboxylic acids is 1. The van der Waals surface area contributed by atoms with Crippen LogP contribution < -0.4 is 16.7 Å². The van der Waals surface area contributed by atoms with Crippen LogP contribution in [-0.2, 0) is 4.79 Å². The Hall–Kier alpha value is -2.32. The van der Waals surface area contributed by atoms with Crippen molar-refractivity contribution in [2.24, 2.45) is 0 Å². The van der Waals surface area contributed by atoms with Gasteiger partial charge >= 0.3 is 0 Å². The van der Waals surface area contributed by atoms with E-state index in [4.69, 9.17) is 5.84 Å². The Morgan fingerprint density at radius 3 is 2.81 bits per heavy atom. The van der Waals surface area contributed by atoms with Crippen molar-refractivity contribution in [1.82, 2.24) is 15.0 Å². The average Bonchev–Trinajstić information content (AvgIpc) is 3.08. The summed E-state index contributed by atoms with van der Waals surface area (Å²) in [6, 6.07) is 9.81. The molecule has 27 heavy (non-hydrogen) atoms. The Kier molecular flexibility index (Phi) is 6.18. The van der Waals surface area contributed by atoms with E-state index < -0.39 is 0 Å². The molecule has 1 unspecified atom stereocenters. The molecule has 8 heteroatoms. The monoisotopic (exact) mass is 402 g/mol. The van der Waals surface area contributed by atoms with E-state index in [9.17, 15) is 9.59 Å². The molecule has 0 saturated heterocycles. The molecule has 2 aromatic heterocycles. The van der Waals surface area contributed by atoms with Crippen molar-refractivity contribution in [2.75, 3.05) is 11.6 Å². The molecule has 0 fully saturated rings. The van der Waals surface area contributed by atoms with Gasteiger partial charge in [0.1, 0.15) is 4.83 Å². The number of nitrogens with zero attached hydrogens (tertiary/aromatic N) is 2. The number of nitrogen functional groups attached to an aromatic ring is 1. The third-order valence-electron chi connectivity index (χ3n) is 4.15. The number of thiophene rings is 1. The first-order chi connectivity index (χ1) is 13.0. The van der Waals surface area contributed by atoms with Crippen LogP contribution in [0.15, 0.2) is 45.7 Å². The quantitative estimate of drug-likeness (QED) is 0.360. The van der Waals surface area contributed by atoms with Gasteiger partial charge in [0.2, 0.25) is 5.91 Å². The van der Waals surface area contributed by atoms with E-state index in [1.54, 1.807) is 0 Å². The van der Waals surface area contributed by atoms with Gasteiger partial charge in [0.05, 0.1) is 11.1 Å². The summed E-state index contributed by atoms with van der Waals surface area (Å²) in [5.41, 5.74) is 1.48. The number of benzene rings is 1. The highest BCUT2D eigenvalue weighted by molar-refractivity contribution is 7.99. The van der Waals surface area contributed by atoms with Gasteiger partial charge in [0.25, 0.3) is 5.56 Å². The van der Waals surface area contributed by atoms with Crippen LogP contribution in [0.3, 0.4) is 0 Å². The molecule has 0 aliphatic carbocycles. The number of nitrogens with one attached hydrogen (secondary N) is 1. The number of carbonyl (C=O) groups is 1. The second-order valence-corrected chi connectivity index (χ2v) is 8.11. The molecule has 3 aromatic rings. The first-order valence-corrected chi connectivity index (χ1v) is 10.6. The first kappa shape index (κ1) is 19.4. The van der Waals surface area contributed by atoms with Crippen LogP contribution in [0.25, 0.3) is 21.3 Å². The van der Waals surface area contributed by atoms with Gasteiger partial charge < -0.3 is 11.2 Å². The lowest BCUT2D eigenvalue weighted by Crippen LogP contribution is -2.34. The smallest absolute Gasteiger partial charge is 0.282 e. The van der Waals surface area contributed by atoms with E-state index in [2.05, 4.69) is 17.2 Å². The molecule has 3 N–H and O–H groups in total. The Labute approximate surface area is 165 Å². The van der Waals surface area contributed by atoms with Crippen LogP contribution in [-0.4, -0.2) is 27.4 Å². The van der Waals surface area contributed by atoms with E-state index in [0.717, 1.165) is 28.6 Å². The zero-order chi connectivity index (χ0) is 19.4. The van der Waals surface area contributed by atoms with E-state index in [-0.39, 0.29) is 23.3 Å². The molecule has 1 amide bonds. The molecular formula is C19H22N4O2S2. The molecule has 3 rings (SSSR count). The molecule has 0 radical (unpaired) electrons. The van der Waals surface area contributed by atoms with Gasteiger partial charge in [-0.1, -0.05) is 55.4 Å². The predicted octanol–water partition coefficient (Wildman–Crippen LogP) is 3.24. The molecule has 0 bridgehead atoms. The molecule has 6 nitrogen and oxygen atoms in total.